The monoisotopic (exact) mass is 306 g/mol. The molecule has 0 spiro atoms. The van der Waals surface area contributed by atoms with E-state index in [1.165, 1.54) is 11.9 Å². The van der Waals surface area contributed by atoms with Crippen molar-refractivity contribution in [2.75, 3.05) is 13.1 Å². The summed E-state index contributed by atoms with van der Waals surface area (Å²) in [5.41, 5.74) is 2.18. The molecule has 1 aromatic carbocycles. The highest BCUT2D eigenvalue weighted by Crippen LogP contribution is 2.28. The lowest BCUT2D eigenvalue weighted by Crippen LogP contribution is -2.48. The van der Waals surface area contributed by atoms with Crippen molar-refractivity contribution in [2.24, 2.45) is 0 Å². The number of amides is 1. The molecule has 0 saturated carbocycles. The Morgan fingerprint density at radius 2 is 2.00 bits per heavy atom. The summed E-state index contributed by atoms with van der Waals surface area (Å²) in [4.78, 5) is 22.1. The third-order valence-electron chi connectivity index (χ3n) is 4.00. The van der Waals surface area contributed by atoms with E-state index in [1.807, 2.05) is 18.2 Å². The largest absolute Gasteiger partial charge is 0.354 e. The summed E-state index contributed by atoms with van der Waals surface area (Å²) in [6.07, 6.45) is 3.05. The number of carbonyl (C=O) groups excluding carboxylic acids is 1. The molecule has 114 valence electrons. The van der Waals surface area contributed by atoms with Gasteiger partial charge >= 0.3 is 0 Å². The molecule has 2 aromatic heterocycles. The summed E-state index contributed by atoms with van der Waals surface area (Å²) in [5, 5.41) is 3.87. The first-order chi connectivity index (χ1) is 11.3. The minimum Gasteiger partial charge on any atom is -0.354 e. The normalized spacial score (nSPS) is 14.5. The molecule has 0 N–H and O–H groups in total. The van der Waals surface area contributed by atoms with Gasteiger partial charge in [0, 0.05) is 31.3 Å². The Bertz CT molecular complexity index is 811. The number of hydrogen-bond donors (Lipinski definition) is 0. The summed E-state index contributed by atoms with van der Waals surface area (Å²) in [5.74, 6) is 0.755. The number of hydrogen-bond acceptors (Lipinski definition) is 5. The summed E-state index contributed by atoms with van der Waals surface area (Å²) in [6.45, 7) is 1.41. The van der Waals surface area contributed by atoms with Crippen molar-refractivity contribution >= 4 is 5.91 Å². The van der Waals surface area contributed by atoms with Crippen molar-refractivity contribution in [3.63, 3.8) is 0 Å². The van der Waals surface area contributed by atoms with Crippen LogP contribution in [0.4, 0.5) is 0 Å². The molecule has 1 saturated heterocycles. The van der Waals surface area contributed by atoms with Crippen molar-refractivity contribution in [1.82, 2.24) is 20.0 Å². The molecule has 0 bridgehead atoms. The van der Waals surface area contributed by atoms with Crippen LogP contribution in [-0.4, -0.2) is 39.0 Å². The van der Waals surface area contributed by atoms with E-state index in [1.54, 1.807) is 23.2 Å². The molecule has 6 heteroatoms. The van der Waals surface area contributed by atoms with Crippen molar-refractivity contribution in [1.29, 1.82) is 0 Å². The summed E-state index contributed by atoms with van der Waals surface area (Å²) in [6, 6.07) is 13.6. The number of carbonyl (C=O) groups is 1. The molecule has 0 aliphatic carbocycles. The SMILES string of the molecule is O=C(c1cc(-c2ccncn2)on1)N1CC(c2ccccc2)C1. The van der Waals surface area contributed by atoms with Gasteiger partial charge in [-0.05, 0) is 11.6 Å². The zero-order chi connectivity index (χ0) is 15.6. The van der Waals surface area contributed by atoms with Gasteiger partial charge < -0.3 is 9.42 Å². The topological polar surface area (TPSA) is 72.1 Å². The first-order valence-electron chi connectivity index (χ1n) is 7.38. The van der Waals surface area contributed by atoms with E-state index < -0.39 is 0 Å². The predicted molar refractivity (Wildman–Crippen MR) is 82.6 cm³/mol. The van der Waals surface area contributed by atoms with E-state index in [0.29, 0.717) is 36.2 Å². The predicted octanol–water partition coefficient (Wildman–Crippen LogP) is 2.37. The van der Waals surface area contributed by atoms with E-state index >= 15 is 0 Å². The molecule has 0 unspecified atom stereocenters. The average Bonchev–Trinajstić information content (AvgIpc) is 3.05. The minimum atomic E-state index is -0.110. The standard InChI is InChI=1S/C17H14N4O2/c22-17(21-9-13(10-21)12-4-2-1-3-5-12)15-8-16(23-20-15)14-6-7-18-11-19-14/h1-8,11,13H,9-10H2. The van der Waals surface area contributed by atoms with Crippen LogP contribution in [0.15, 0.2) is 59.5 Å². The Balaban J connectivity index is 1.44. The van der Waals surface area contributed by atoms with Gasteiger partial charge in [-0.3, -0.25) is 4.79 Å². The number of nitrogens with zero attached hydrogens (tertiary/aromatic N) is 4. The highest BCUT2D eigenvalue weighted by Gasteiger charge is 2.33. The maximum Gasteiger partial charge on any atom is 0.276 e. The first-order valence-corrected chi connectivity index (χ1v) is 7.38. The Morgan fingerprint density at radius 3 is 2.74 bits per heavy atom. The van der Waals surface area contributed by atoms with Crippen molar-refractivity contribution < 1.29 is 9.32 Å². The van der Waals surface area contributed by atoms with Gasteiger partial charge in [0.2, 0.25) is 0 Å². The Morgan fingerprint density at radius 1 is 1.17 bits per heavy atom. The Labute approximate surface area is 132 Å². The van der Waals surface area contributed by atoms with Crippen LogP contribution in [0.5, 0.6) is 0 Å². The van der Waals surface area contributed by atoms with Gasteiger partial charge in [0.1, 0.15) is 12.0 Å². The summed E-state index contributed by atoms with van der Waals surface area (Å²) >= 11 is 0. The smallest absolute Gasteiger partial charge is 0.276 e. The van der Waals surface area contributed by atoms with E-state index in [2.05, 4.69) is 27.3 Å². The minimum absolute atomic E-state index is 0.110. The Hall–Kier alpha value is -3.02. The van der Waals surface area contributed by atoms with Crippen molar-refractivity contribution in [2.45, 2.75) is 5.92 Å². The third-order valence-corrected chi connectivity index (χ3v) is 4.00. The summed E-state index contributed by atoms with van der Waals surface area (Å²) in [7, 11) is 0. The molecule has 4 rings (SSSR count). The fourth-order valence-electron chi connectivity index (χ4n) is 2.68. The number of likely N-dealkylation sites (tertiary alicyclic amines) is 1. The molecule has 3 heterocycles. The summed E-state index contributed by atoms with van der Waals surface area (Å²) < 4.78 is 5.21. The maximum atomic E-state index is 12.4. The van der Waals surface area contributed by atoms with Crippen molar-refractivity contribution in [3.8, 4) is 11.5 Å². The molecule has 23 heavy (non-hydrogen) atoms. The number of benzene rings is 1. The molecule has 1 fully saturated rings. The first kappa shape index (κ1) is 13.6. The van der Waals surface area contributed by atoms with Crippen LogP contribution in [0, 0.1) is 0 Å². The van der Waals surface area contributed by atoms with E-state index in [0.717, 1.165) is 0 Å². The van der Waals surface area contributed by atoms with Crippen LogP contribution < -0.4 is 0 Å². The molecule has 1 amide bonds. The number of aromatic nitrogens is 3. The van der Waals surface area contributed by atoms with Gasteiger partial charge in [0.25, 0.3) is 5.91 Å². The molecule has 0 atom stereocenters. The van der Waals surface area contributed by atoms with Crippen LogP contribution in [-0.2, 0) is 0 Å². The molecular weight excluding hydrogens is 292 g/mol. The second-order valence-electron chi connectivity index (χ2n) is 5.49. The van der Waals surface area contributed by atoms with Crippen LogP contribution >= 0.6 is 0 Å². The van der Waals surface area contributed by atoms with Gasteiger partial charge in [-0.15, -0.1) is 0 Å². The molecule has 1 aliphatic rings. The quantitative estimate of drug-likeness (QED) is 0.743. The second kappa shape index (κ2) is 5.64. The van der Waals surface area contributed by atoms with Crippen LogP contribution in [0.2, 0.25) is 0 Å². The van der Waals surface area contributed by atoms with Gasteiger partial charge in [0.15, 0.2) is 11.5 Å². The third kappa shape index (κ3) is 2.59. The fraction of sp³-hybridized carbons (Fsp3) is 0.176. The average molecular weight is 306 g/mol. The Kier molecular flexibility index (Phi) is 3.34. The van der Waals surface area contributed by atoms with Gasteiger partial charge in [-0.25, -0.2) is 9.97 Å². The zero-order valence-electron chi connectivity index (χ0n) is 12.3. The van der Waals surface area contributed by atoms with Crippen LogP contribution in [0.25, 0.3) is 11.5 Å². The highest BCUT2D eigenvalue weighted by atomic mass is 16.5. The van der Waals surface area contributed by atoms with E-state index in [9.17, 15) is 4.79 Å². The zero-order valence-corrected chi connectivity index (χ0v) is 12.3. The molecule has 1 aliphatic heterocycles. The van der Waals surface area contributed by atoms with E-state index in [-0.39, 0.29) is 5.91 Å². The lowest BCUT2D eigenvalue weighted by molar-refractivity contribution is 0.0591. The van der Waals surface area contributed by atoms with Gasteiger partial charge in [-0.1, -0.05) is 35.5 Å². The van der Waals surface area contributed by atoms with E-state index in [4.69, 9.17) is 4.52 Å². The highest BCUT2D eigenvalue weighted by molar-refractivity contribution is 5.93. The van der Waals surface area contributed by atoms with Crippen molar-refractivity contribution in [3.05, 3.63) is 66.2 Å². The second-order valence-corrected chi connectivity index (χ2v) is 5.49. The molecule has 0 radical (unpaired) electrons. The lowest BCUT2D eigenvalue weighted by atomic mass is 9.91. The fourth-order valence-corrected chi connectivity index (χ4v) is 2.68. The van der Waals surface area contributed by atoms with Gasteiger partial charge in [0.05, 0.1) is 0 Å². The van der Waals surface area contributed by atoms with Crippen LogP contribution in [0.3, 0.4) is 0 Å². The molecule has 6 nitrogen and oxygen atoms in total. The van der Waals surface area contributed by atoms with Gasteiger partial charge in [-0.2, -0.15) is 0 Å². The molecular formula is C17H14N4O2. The molecule has 3 aromatic rings. The van der Waals surface area contributed by atoms with Crippen LogP contribution in [0.1, 0.15) is 22.0 Å². The lowest BCUT2D eigenvalue weighted by Gasteiger charge is -2.39. The maximum absolute atomic E-state index is 12.4. The number of rotatable bonds is 3.